The molecule has 0 aliphatic rings. The molecule has 1 aromatic carbocycles. The summed E-state index contributed by atoms with van der Waals surface area (Å²) in [5.74, 6) is 0.809. The lowest BCUT2D eigenvalue weighted by molar-refractivity contribution is -0.118. The van der Waals surface area contributed by atoms with E-state index in [0.29, 0.717) is 13.0 Å². The van der Waals surface area contributed by atoms with Crippen LogP contribution in [0, 0.1) is 0 Å². The fourth-order valence-electron chi connectivity index (χ4n) is 3.17. The number of amides is 1. The molecule has 6 heteroatoms. The molecule has 0 aliphatic carbocycles. The maximum Gasteiger partial charge on any atom is 0.216 e. The predicted octanol–water partition coefficient (Wildman–Crippen LogP) is 2.63. The van der Waals surface area contributed by atoms with Crippen LogP contribution < -0.4 is 10.1 Å². The Morgan fingerprint density at radius 2 is 2.12 bits per heavy atom. The minimum absolute atomic E-state index is 0.0694. The number of carbonyl (C=O) groups is 1. The van der Waals surface area contributed by atoms with E-state index in [1.165, 1.54) is 13.1 Å². The smallest absolute Gasteiger partial charge is 0.216 e. The van der Waals surface area contributed by atoms with Crippen LogP contribution in [-0.4, -0.2) is 34.2 Å². The number of aromatic hydroxyl groups is 1. The van der Waals surface area contributed by atoms with Crippen LogP contribution in [0.4, 0.5) is 0 Å². The molecule has 0 saturated carbocycles. The molecule has 2 aromatic heterocycles. The summed E-state index contributed by atoms with van der Waals surface area (Å²) in [4.78, 5) is 15.6. The quantitative estimate of drug-likeness (QED) is 0.749. The number of rotatable bonds is 5. The summed E-state index contributed by atoms with van der Waals surface area (Å²) in [5.41, 5.74) is 3.70. The lowest BCUT2D eigenvalue weighted by Gasteiger charge is -2.12. The Balaban J connectivity index is 2.22. The third-order valence-corrected chi connectivity index (χ3v) is 4.23. The molecule has 0 bridgehead atoms. The Morgan fingerprint density at radius 1 is 1.36 bits per heavy atom. The van der Waals surface area contributed by atoms with Gasteiger partial charge in [0, 0.05) is 31.5 Å². The van der Waals surface area contributed by atoms with Crippen molar-refractivity contribution in [2.45, 2.75) is 13.3 Å². The molecule has 2 heterocycles. The van der Waals surface area contributed by atoms with Crippen LogP contribution in [-0.2, 0) is 18.3 Å². The van der Waals surface area contributed by atoms with Crippen LogP contribution in [0.5, 0.6) is 11.5 Å². The van der Waals surface area contributed by atoms with E-state index in [2.05, 4.69) is 10.3 Å². The summed E-state index contributed by atoms with van der Waals surface area (Å²) in [6.07, 6.45) is 2.06. The summed E-state index contributed by atoms with van der Waals surface area (Å²) in [6, 6.07) is 9.50. The molecule has 1 amide bonds. The number of aryl methyl sites for hydroxylation is 1. The third-order valence-electron chi connectivity index (χ3n) is 4.23. The van der Waals surface area contributed by atoms with Gasteiger partial charge in [-0.05, 0) is 30.2 Å². The van der Waals surface area contributed by atoms with Crippen LogP contribution in [0.25, 0.3) is 22.3 Å². The van der Waals surface area contributed by atoms with E-state index in [1.807, 2.05) is 35.9 Å². The van der Waals surface area contributed by atoms with Gasteiger partial charge in [0.05, 0.1) is 19.0 Å². The fraction of sp³-hybridized carbons (Fsp3) is 0.263. The third kappa shape index (κ3) is 3.15. The van der Waals surface area contributed by atoms with Crippen molar-refractivity contribution in [3.8, 4) is 22.8 Å². The summed E-state index contributed by atoms with van der Waals surface area (Å²) in [7, 11) is 3.58. The van der Waals surface area contributed by atoms with Gasteiger partial charge < -0.3 is 19.7 Å². The molecule has 2 N–H and O–H groups in total. The average Bonchev–Trinajstić information content (AvgIpc) is 2.86. The largest absolute Gasteiger partial charge is 0.506 e. The van der Waals surface area contributed by atoms with Gasteiger partial charge in [0.1, 0.15) is 17.1 Å². The first-order valence-electron chi connectivity index (χ1n) is 8.07. The van der Waals surface area contributed by atoms with Crippen LogP contribution in [0.3, 0.4) is 0 Å². The molecule has 0 unspecified atom stereocenters. The molecule has 0 fully saturated rings. The molecule has 3 aromatic rings. The van der Waals surface area contributed by atoms with E-state index >= 15 is 0 Å². The van der Waals surface area contributed by atoms with Crippen molar-refractivity contribution in [1.29, 1.82) is 0 Å². The number of para-hydroxylation sites is 1. The molecular formula is C19H21N3O3. The lowest BCUT2D eigenvalue weighted by Crippen LogP contribution is -2.22. The summed E-state index contributed by atoms with van der Waals surface area (Å²) >= 11 is 0. The lowest BCUT2D eigenvalue weighted by atomic mass is 10.0. The highest BCUT2D eigenvalue weighted by Gasteiger charge is 2.20. The summed E-state index contributed by atoms with van der Waals surface area (Å²) in [5, 5.41) is 13.6. The zero-order valence-electron chi connectivity index (χ0n) is 14.5. The van der Waals surface area contributed by atoms with Gasteiger partial charge in [-0.25, -0.2) is 4.98 Å². The van der Waals surface area contributed by atoms with E-state index < -0.39 is 0 Å². The fourth-order valence-corrected chi connectivity index (χ4v) is 3.17. The van der Waals surface area contributed by atoms with E-state index in [4.69, 9.17) is 4.74 Å². The van der Waals surface area contributed by atoms with Crippen LogP contribution >= 0.6 is 0 Å². The molecule has 130 valence electrons. The van der Waals surface area contributed by atoms with Crippen molar-refractivity contribution in [2.75, 3.05) is 13.7 Å². The molecule has 25 heavy (non-hydrogen) atoms. The molecule has 0 spiro atoms. The maximum atomic E-state index is 11.2. The van der Waals surface area contributed by atoms with Crippen molar-refractivity contribution in [3.05, 3.63) is 42.1 Å². The number of hydrogen-bond acceptors (Lipinski definition) is 4. The summed E-state index contributed by atoms with van der Waals surface area (Å²) < 4.78 is 7.52. The average molecular weight is 339 g/mol. The first kappa shape index (κ1) is 16.8. The van der Waals surface area contributed by atoms with Crippen molar-refractivity contribution in [2.24, 2.45) is 7.05 Å². The summed E-state index contributed by atoms with van der Waals surface area (Å²) in [6.45, 7) is 2.00. The number of fused-ring (bicyclic) bond motifs is 1. The molecule has 6 nitrogen and oxygen atoms in total. The normalized spacial score (nSPS) is 10.8. The van der Waals surface area contributed by atoms with E-state index in [1.54, 1.807) is 13.2 Å². The topological polar surface area (TPSA) is 76.4 Å². The second-order valence-electron chi connectivity index (χ2n) is 5.88. The van der Waals surface area contributed by atoms with Gasteiger partial charge in [-0.2, -0.15) is 0 Å². The number of nitrogens with one attached hydrogen (secondary N) is 1. The van der Waals surface area contributed by atoms with Gasteiger partial charge in [-0.15, -0.1) is 0 Å². The predicted molar refractivity (Wildman–Crippen MR) is 96.8 cm³/mol. The molecule has 3 rings (SSSR count). The van der Waals surface area contributed by atoms with E-state index in [-0.39, 0.29) is 11.7 Å². The number of carbonyl (C=O) groups excluding carboxylic acids is 1. The number of pyridine rings is 1. The van der Waals surface area contributed by atoms with Crippen molar-refractivity contribution in [1.82, 2.24) is 14.9 Å². The number of aromatic nitrogens is 2. The SMILES string of the molecule is COc1ccccc1-c1c(CCNC(C)=O)c2cc(O)cnc2n1C. The maximum absolute atomic E-state index is 11.2. The van der Waals surface area contributed by atoms with Gasteiger partial charge in [0.2, 0.25) is 5.91 Å². The zero-order valence-corrected chi connectivity index (χ0v) is 14.5. The molecular weight excluding hydrogens is 318 g/mol. The minimum Gasteiger partial charge on any atom is -0.506 e. The standard InChI is InChI=1S/C19H21N3O3/c1-12(23)20-9-8-14-16-10-13(24)11-21-19(16)22(2)18(14)15-6-4-5-7-17(15)25-3/h4-7,10-11,24H,8-9H2,1-3H3,(H,20,23). The first-order valence-corrected chi connectivity index (χ1v) is 8.07. The van der Waals surface area contributed by atoms with Gasteiger partial charge in [0.25, 0.3) is 0 Å². The van der Waals surface area contributed by atoms with Crippen LogP contribution in [0.2, 0.25) is 0 Å². The number of benzene rings is 1. The second kappa shape index (κ2) is 6.84. The van der Waals surface area contributed by atoms with E-state index in [9.17, 15) is 9.90 Å². The number of methoxy groups -OCH3 is 1. The Kier molecular flexibility index (Phi) is 4.61. The minimum atomic E-state index is -0.0694. The van der Waals surface area contributed by atoms with Crippen LogP contribution in [0.1, 0.15) is 12.5 Å². The van der Waals surface area contributed by atoms with Crippen molar-refractivity contribution in [3.63, 3.8) is 0 Å². The highest BCUT2D eigenvalue weighted by Crippen LogP contribution is 2.38. The Morgan fingerprint density at radius 3 is 2.84 bits per heavy atom. The Labute approximate surface area is 146 Å². The highest BCUT2D eigenvalue weighted by molar-refractivity contribution is 5.91. The molecule has 0 saturated heterocycles. The van der Waals surface area contributed by atoms with Crippen molar-refractivity contribution >= 4 is 16.9 Å². The van der Waals surface area contributed by atoms with Gasteiger partial charge in [-0.1, -0.05) is 12.1 Å². The Hall–Kier alpha value is -3.02. The number of ether oxygens (including phenoxy) is 1. The molecule has 0 aliphatic heterocycles. The zero-order chi connectivity index (χ0) is 18.0. The molecule has 0 atom stereocenters. The molecule has 0 radical (unpaired) electrons. The second-order valence-corrected chi connectivity index (χ2v) is 5.88. The number of hydrogen-bond donors (Lipinski definition) is 2. The van der Waals surface area contributed by atoms with Crippen molar-refractivity contribution < 1.29 is 14.6 Å². The van der Waals surface area contributed by atoms with Gasteiger partial charge in [0.15, 0.2) is 0 Å². The first-order chi connectivity index (χ1) is 12.0. The van der Waals surface area contributed by atoms with Gasteiger partial charge >= 0.3 is 0 Å². The van der Waals surface area contributed by atoms with E-state index in [0.717, 1.165) is 33.6 Å². The number of nitrogens with zero attached hydrogens (tertiary/aromatic N) is 2. The van der Waals surface area contributed by atoms with Crippen LogP contribution in [0.15, 0.2) is 36.5 Å². The highest BCUT2D eigenvalue weighted by atomic mass is 16.5. The Bertz CT molecular complexity index is 931. The van der Waals surface area contributed by atoms with Gasteiger partial charge in [-0.3, -0.25) is 4.79 Å². The monoisotopic (exact) mass is 339 g/mol.